The zero-order valence-electron chi connectivity index (χ0n) is 12.5. The van der Waals surface area contributed by atoms with Gasteiger partial charge in [0.2, 0.25) is 0 Å². The molecule has 0 bridgehead atoms. The lowest BCUT2D eigenvalue weighted by molar-refractivity contribution is -0.137. The number of carbonyl (C=O) groups excluding carboxylic acids is 2. The van der Waals surface area contributed by atoms with Crippen LogP contribution in [0.3, 0.4) is 0 Å². The number of methoxy groups -OCH3 is 1. The van der Waals surface area contributed by atoms with Crippen molar-refractivity contribution in [2.75, 3.05) is 7.11 Å². The molecule has 18 heavy (non-hydrogen) atoms. The van der Waals surface area contributed by atoms with Crippen molar-refractivity contribution in [3.05, 3.63) is 11.6 Å². The van der Waals surface area contributed by atoms with Crippen LogP contribution >= 0.6 is 0 Å². The van der Waals surface area contributed by atoms with E-state index in [1.54, 1.807) is 13.0 Å². The number of rotatable bonds is 6. The molecular formula is C15H26O3. The summed E-state index contributed by atoms with van der Waals surface area (Å²) in [6, 6.07) is 0. The average Bonchev–Trinajstić information content (AvgIpc) is 2.25. The van der Waals surface area contributed by atoms with Crippen molar-refractivity contribution in [1.29, 1.82) is 0 Å². The van der Waals surface area contributed by atoms with Crippen LogP contribution in [0.2, 0.25) is 0 Å². The number of esters is 1. The molecule has 0 radical (unpaired) electrons. The largest absolute Gasteiger partial charge is 0.465 e. The van der Waals surface area contributed by atoms with Crippen molar-refractivity contribution in [2.45, 2.75) is 53.9 Å². The van der Waals surface area contributed by atoms with Gasteiger partial charge >= 0.3 is 5.97 Å². The first-order chi connectivity index (χ1) is 8.21. The molecule has 0 heterocycles. The Morgan fingerprint density at radius 1 is 1.28 bits per heavy atom. The Kier molecular flexibility index (Phi) is 6.89. The van der Waals surface area contributed by atoms with Crippen molar-refractivity contribution in [3.8, 4) is 0 Å². The molecule has 1 unspecified atom stereocenters. The molecule has 3 heteroatoms. The molecule has 0 rings (SSSR count). The van der Waals surface area contributed by atoms with Gasteiger partial charge < -0.3 is 4.74 Å². The van der Waals surface area contributed by atoms with Crippen LogP contribution in [-0.4, -0.2) is 18.9 Å². The predicted molar refractivity (Wildman–Crippen MR) is 73.3 cm³/mol. The third kappa shape index (κ3) is 6.58. The molecule has 0 aliphatic heterocycles. The predicted octanol–water partition coefficient (Wildman–Crippen LogP) is 3.53. The standard InChI is InChI=1S/C15H26O3/c1-7-13(16)12(14(17)18-6)9-8-11(2)10-15(3,4)5/h9,11H,7-8,10H2,1-6H3/b12-9+. The van der Waals surface area contributed by atoms with Crippen LogP contribution < -0.4 is 0 Å². The fourth-order valence-electron chi connectivity index (χ4n) is 2.06. The van der Waals surface area contributed by atoms with Crippen molar-refractivity contribution in [2.24, 2.45) is 11.3 Å². The number of carbonyl (C=O) groups is 2. The van der Waals surface area contributed by atoms with E-state index in [1.165, 1.54) is 7.11 Å². The number of ketones is 1. The maximum atomic E-state index is 11.6. The summed E-state index contributed by atoms with van der Waals surface area (Å²) in [7, 11) is 1.30. The second-order valence-electron chi connectivity index (χ2n) is 5.99. The Hall–Kier alpha value is -1.12. The van der Waals surface area contributed by atoms with Gasteiger partial charge in [0.05, 0.1) is 12.7 Å². The second kappa shape index (κ2) is 7.34. The summed E-state index contributed by atoms with van der Waals surface area (Å²) in [5.74, 6) is -0.232. The molecule has 0 saturated heterocycles. The second-order valence-corrected chi connectivity index (χ2v) is 5.99. The summed E-state index contributed by atoms with van der Waals surface area (Å²) in [4.78, 5) is 23.1. The molecule has 0 aromatic carbocycles. The summed E-state index contributed by atoms with van der Waals surface area (Å²) in [6.45, 7) is 10.4. The van der Waals surface area contributed by atoms with Crippen molar-refractivity contribution in [1.82, 2.24) is 0 Å². The van der Waals surface area contributed by atoms with Gasteiger partial charge in [-0.25, -0.2) is 4.79 Å². The number of allylic oxidation sites excluding steroid dienone is 1. The average molecular weight is 254 g/mol. The van der Waals surface area contributed by atoms with Gasteiger partial charge in [-0.2, -0.15) is 0 Å². The third-order valence-corrected chi connectivity index (χ3v) is 2.71. The fourth-order valence-corrected chi connectivity index (χ4v) is 2.06. The molecule has 0 saturated carbocycles. The minimum absolute atomic E-state index is 0.148. The van der Waals surface area contributed by atoms with Crippen LogP contribution in [0, 0.1) is 11.3 Å². The molecular weight excluding hydrogens is 228 g/mol. The highest BCUT2D eigenvalue weighted by atomic mass is 16.5. The molecule has 0 amide bonds. The zero-order valence-corrected chi connectivity index (χ0v) is 12.5. The van der Waals surface area contributed by atoms with E-state index in [4.69, 9.17) is 0 Å². The monoisotopic (exact) mass is 254 g/mol. The van der Waals surface area contributed by atoms with Crippen LogP contribution in [0.5, 0.6) is 0 Å². The third-order valence-electron chi connectivity index (χ3n) is 2.71. The summed E-state index contributed by atoms with van der Waals surface area (Å²) in [5, 5.41) is 0. The Bertz CT molecular complexity index is 303. The van der Waals surface area contributed by atoms with E-state index < -0.39 is 5.97 Å². The van der Waals surface area contributed by atoms with Gasteiger partial charge in [0.25, 0.3) is 0 Å². The van der Waals surface area contributed by atoms with Crippen molar-refractivity contribution >= 4 is 11.8 Å². The lowest BCUT2D eigenvalue weighted by Gasteiger charge is -2.22. The summed E-state index contributed by atoms with van der Waals surface area (Å²) in [5.41, 5.74) is 0.453. The molecule has 0 fully saturated rings. The number of Topliss-reactive ketones (excluding diaryl/α,β-unsaturated/α-hetero) is 1. The zero-order chi connectivity index (χ0) is 14.3. The highest BCUT2D eigenvalue weighted by Gasteiger charge is 2.19. The van der Waals surface area contributed by atoms with Gasteiger partial charge in [0.15, 0.2) is 5.78 Å². The Morgan fingerprint density at radius 2 is 1.83 bits per heavy atom. The number of hydrogen-bond donors (Lipinski definition) is 0. The van der Waals surface area contributed by atoms with E-state index >= 15 is 0 Å². The van der Waals surface area contributed by atoms with E-state index in [0.29, 0.717) is 12.3 Å². The van der Waals surface area contributed by atoms with E-state index in [2.05, 4.69) is 32.4 Å². The highest BCUT2D eigenvalue weighted by Crippen LogP contribution is 2.26. The Morgan fingerprint density at radius 3 is 2.22 bits per heavy atom. The SMILES string of the molecule is CCC(=O)/C(=C\CC(C)CC(C)(C)C)C(=O)OC. The molecule has 1 atom stereocenters. The Labute approximate surface area is 111 Å². The lowest BCUT2D eigenvalue weighted by atomic mass is 9.84. The first kappa shape index (κ1) is 16.9. The van der Waals surface area contributed by atoms with Crippen molar-refractivity contribution < 1.29 is 14.3 Å². The maximum Gasteiger partial charge on any atom is 0.341 e. The van der Waals surface area contributed by atoms with Gasteiger partial charge in [0, 0.05) is 6.42 Å². The van der Waals surface area contributed by atoms with Crippen LogP contribution in [0.25, 0.3) is 0 Å². The molecule has 0 spiro atoms. The van der Waals surface area contributed by atoms with E-state index in [0.717, 1.165) is 12.8 Å². The van der Waals surface area contributed by atoms with Crippen LogP contribution in [0.1, 0.15) is 53.9 Å². The summed E-state index contributed by atoms with van der Waals surface area (Å²) < 4.78 is 4.64. The smallest absolute Gasteiger partial charge is 0.341 e. The highest BCUT2D eigenvalue weighted by molar-refractivity contribution is 6.17. The topological polar surface area (TPSA) is 43.4 Å². The van der Waals surface area contributed by atoms with Crippen LogP contribution in [0.4, 0.5) is 0 Å². The quantitative estimate of drug-likeness (QED) is 0.315. The van der Waals surface area contributed by atoms with E-state index in [1.807, 2.05) is 0 Å². The lowest BCUT2D eigenvalue weighted by Crippen LogP contribution is -2.15. The van der Waals surface area contributed by atoms with Gasteiger partial charge in [0.1, 0.15) is 0 Å². The fraction of sp³-hybridized carbons (Fsp3) is 0.733. The summed E-state index contributed by atoms with van der Waals surface area (Å²) >= 11 is 0. The van der Waals surface area contributed by atoms with E-state index in [9.17, 15) is 9.59 Å². The van der Waals surface area contributed by atoms with Crippen molar-refractivity contribution in [3.63, 3.8) is 0 Å². The maximum absolute atomic E-state index is 11.6. The van der Waals surface area contributed by atoms with Gasteiger partial charge in [-0.05, 0) is 24.2 Å². The molecule has 0 N–H and O–H groups in total. The van der Waals surface area contributed by atoms with Gasteiger partial charge in [-0.3, -0.25) is 4.79 Å². The first-order valence-electron chi connectivity index (χ1n) is 6.53. The minimum atomic E-state index is -0.523. The summed E-state index contributed by atoms with van der Waals surface area (Å²) in [6.07, 6.45) is 3.84. The van der Waals surface area contributed by atoms with E-state index in [-0.39, 0.29) is 16.8 Å². The molecule has 3 nitrogen and oxygen atoms in total. The molecule has 0 aliphatic carbocycles. The first-order valence-corrected chi connectivity index (χ1v) is 6.53. The molecule has 0 aromatic rings. The van der Waals surface area contributed by atoms with Gasteiger partial charge in [-0.15, -0.1) is 0 Å². The number of hydrogen-bond acceptors (Lipinski definition) is 3. The molecule has 0 aliphatic rings. The number of ether oxygens (including phenoxy) is 1. The van der Waals surface area contributed by atoms with Gasteiger partial charge in [-0.1, -0.05) is 40.7 Å². The molecule has 104 valence electrons. The Balaban J connectivity index is 4.68. The minimum Gasteiger partial charge on any atom is -0.465 e. The normalized spacial score (nSPS) is 14.2. The molecule has 0 aromatic heterocycles. The van der Waals surface area contributed by atoms with Crippen LogP contribution in [0.15, 0.2) is 11.6 Å². The van der Waals surface area contributed by atoms with Crippen LogP contribution in [-0.2, 0) is 14.3 Å².